The van der Waals surface area contributed by atoms with E-state index in [2.05, 4.69) is 15.1 Å². The summed E-state index contributed by atoms with van der Waals surface area (Å²) in [5.74, 6) is -1.02. The average molecular weight is 282 g/mol. The van der Waals surface area contributed by atoms with Gasteiger partial charge in [-0.15, -0.1) is 0 Å². The van der Waals surface area contributed by atoms with Gasteiger partial charge in [-0.2, -0.15) is 5.10 Å². The second-order valence-corrected chi connectivity index (χ2v) is 5.88. The quantitative estimate of drug-likeness (QED) is 0.847. The monoisotopic (exact) mass is 282 g/mol. The summed E-state index contributed by atoms with van der Waals surface area (Å²) in [6.07, 6.45) is 4.67. The van der Waals surface area contributed by atoms with Crippen LogP contribution in [0.25, 0.3) is 5.95 Å². The summed E-state index contributed by atoms with van der Waals surface area (Å²) in [5.41, 5.74) is 0.258. The molecular formula is C10H10N4O4S. The van der Waals surface area contributed by atoms with Gasteiger partial charge in [-0.3, -0.25) is 0 Å². The van der Waals surface area contributed by atoms with E-state index in [4.69, 9.17) is 5.11 Å². The molecule has 0 saturated heterocycles. The number of aryl methyl sites for hydroxylation is 1. The van der Waals surface area contributed by atoms with E-state index in [-0.39, 0.29) is 22.1 Å². The first kappa shape index (κ1) is 13.1. The van der Waals surface area contributed by atoms with Crippen LogP contribution in [-0.4, -0.2) is 45.5 Å². The molecule has 0 unspecified atom stereocenters. The maximum Gasteiger partial charge on any atom is 0.339 e. The van der Waals surface area contributed by atoms with Crippen LogP contribution in [0.3, 0.4) is 0 Å². The van der Waals surface area contributed by atoms with Gasteiger partial charge in [0, 0.05) is 12.5 Å². The zero-order valence-electron chi connectivity index (χ0n) is 10.1. The van der Waals surface area contributed by atoms with Gasteiger partial charge in [0.05, 0.1) is 23.7 Å². The number of hydrogen-bond acceptors (Lipinski definition) is 6. The number of aromatic nitrogens is 4. The third-order valence-corrected chi connectivity index (χ3v) is 3.46. The molecule has 100 valence electrons. The number of carbonyl (C=O) groups is 1. The van der Waals surface area contributed by atoms with Gasteiger partial charge in [0.15, 0.2) is 9.84 Å². The van der Waals surface area contributed by atoms with Crippen LogP contribution < -0.4 is 0 Å². The van der Waals surface area contributed by atoms with Gasteiger partial charge in [-0.25, -0.2) is 27.9 Å². The molecule has 0 amide bonds. The van der Waals surface area contributed by atoms with Crippen LogP contribution in [-0.2, 0) is 9.84 Å². The van der Waals surface area contributed by atoms with Gasteiger partial charge < -0.3 is 5.11 Å². The molecule has 0 radical (unpaired) electrons. The lowest BCUT2D eigenvalue weighted by Crippen LogP contribution is -2.08. The number of hydrogen-bond donors (Lipinski definition) is 1. The van der Waals surface area contributed by atoms with Gasteiger partial charge in [0.25, 0.3) is 5.95 Å². The molecule has 0 saturated carbocycles. The zero-order chi connectivity index (χ0) is 14.2. The predicted octanol–water partition coefficient (Wildman–Crippen LogP) is 0.0724. The second kappa shape index (κ2) is 4.43. The third kappa shape index (κ3) is 2.60. The summed E-state index contributed by atoms with van der Waals surface area (Å²) < 4.78 is 23.8. The normalized spacial score (nSPS) is 11.5. The second-order valence-electron chi connectivity index (χ2n) is 3.87. The Balaban J connectivity index is 2.46. The van der Waals surface area contributed by atoms with E-state index in [1.54, 1.807) is 0 Å². The van der Waals surface area contributed by atoms with Crippen molar-refractivity contribution >= 4 is 15.8 Å². The molecule has 8 nitrogen and oxygen atoms in total. The Morgan fingerprint density at radius 1 is 1.37 bits per heavy atom. The molecule has 2 aromatic rings. The number of sulfone groups is 1. The Labute approximate surface area is 108 Å². The Hall–Kier alpha value is -2.29. The van der Waals surface area contributed by atoms with Crippen LogP contribution in [0, 0.1) is 6.92 Å². The van der Waals surface area contributed by atoms with Crippen LogP contribution in [0.2, 0.25) is 0 Å². The Morgan fingerprint density at radius 3 is 2.53 bits per heavy atom. The SMILES string of the molecule is Cc1nc(-n2cc(S(C)(=O)=O)cn2)ncc1C(=O)O. The Bertz CT molecular complexity index is 751. The molecule has 1 N–H and O–H groups in total. The van der Waals surface area contributed by atoms with Crippen molar-refractivity contribution in [3.05, 3.63) is 29.8 Å². The molecule has 0 aliphatic rings. The average Bonchev–Trinajstić information content (AvgIpc) is 2.76. The van der Waals surface area contributed by atoms with E-state index in [9.17, 15) is 13.2 Å². The van der Waals surface area contributed by atoms with E-state index in [0.717, 1.165) is 12.5 Å². The van der Waals surface area contributed by atoms with Crippen molar-refractivity contribution in [2.24, 2.45) is 0 Å². The summed E-state index contributed by atoms with van der Waals surface area (Å²) in [6, 6.07) is 0. The standard InChI is InChI=1S/C10H10N4O4S/c1-6-8(9(15)16)4-11-10(13-6)14-5-7(3-12-14)19(2,17)18/h3-5H,1-2H3,(H,15,16). The van der Waals surface area contributed by atoms with Crippen molar-refractivity contribution in [2.75, 3.05) is 6.26 Å². The predicted molar refractivity (Wildman–Crippen MR) is 64.0 cm³/mol. The Kier molecular flexibility index (Phi) is 3.06. The molecule has 0 aliphatic heterocycles. The highest BCUT2D eigenvalue weighted by molar-refractivity contribution is 7.90. The van der Waals surface area contributed by atoms with Crippen molar-refractivity contribution in [3.63, 3.8) is 0 Å². The topological polar surface area (TPSA) is 115 Å². The lowest BCUT2D eigenvalue weighted by Gasteiger charge is -2.02. The molecule has 0 fully saturated rings. The first-order valence-corrected chi connectivity index (χ1v) is 7.00. The molecule has 0 aromatic carbocycles. The first-order valence-electron chi connectivity index (χ1n) is 5.11. The molecule has 19 heavy (non-hydrogen) atoms. The zero-order valence-corrected chi connectivity index (χ0v) is 10.9. The molecule has 0 aliphatic carbocycles. The van der Waals surface area contributed by atoms with Crippen LogP contribution in [0.1, 0.15) is 16.1 Å². The van der Waals surface area contributed by atoms with Crippen LogP contribution in [0.15, 0.2) is 23.5 Å². The molecule has 0 bridgehead atoms. The lowest BCUT2D eigenvalue weighted by molar-refractivity contribution is 0.0695. The minimum absolute atomic E-state index is 0.0146. The molecular weight excluding hydrogens is 272 g/mol. The maximum atomic E-state index is 11.3. The van der Waals surface area contributed by atoms with Crippen molar-refractivity contribution < 1.29 is 18.3 Å². The van der Waals surface area contributed by atoms with E-state index < -0.39 is 15.8 Å². The number of rotatable bonds is 3. The van der Waals surface area contributed by atoms with Gasteiger partial charge in [0.1, 0.15) is 4.90 Å². The number of carboxylic acid groups (broad SMARTS) is 1. The molecule has 0 spiro atoms. The van der Waals surface area contributed by atoms with Crippen molar-refractivity contribution in [3.8, 4) is 5.95 Å². The van der Waals surface area contributed by atoms with E-state index >= 15 is 0 Å². The van der Waals surface area contributed by atoms with Crippen molar-refractivity contribution in [1.29, 1.82) is 0 Å². The molecule has 0 atom stereocenters. The fourth-order valence-corrected chi connectivity index (χ4v) is 1.91. The van der Waals surface area contributed by atoms with Gasteiger partial charge in [-0.05, 0) is 6.92 Å². The summed E-state index contributed by atoms with van der Waals surface area (Å²) >= 11 is 0. The molecule has 2 heterocycles. The third-order valence-electron chi connectivity index (χ3n) is 2.39. The van der Waals surface area contributed by atoms with E-state index in [1.807, 2.05) is 0 Å². The summed E-state index contributed by atoms with van der Waals surface area (Å²) in [5, 5.41) is 12.7. The highest BCUT2D eigenvalue weighted by Gasteiger charge is 2.14. The Morgan fingerprint density at radius 2 is 2.05 bits per heavy atom. The minimum Gasteiger partial charge on any atom is -0.478 e. The lowest BCUT2D eigenvalue weighted by atomic mass is 10.2. The minimum atomic E-state index is -3.35. The fourth-order valence-electron chi connectivity index (χ4n) is 1.38. The van der Waals surface area contributed by atoms with Gasteiger partial charge in [-0.1, -0.05) is 0 Å². The van der Waals surface area contributed by atoms with Crippen LogP contribution in [0.4, 0.5) is 0 Å². The van der Waals surface area contributed by atoms with Crippen LogP contribution >= 0.6 is 0 Å². The maximum absolute atomic E-state index is 11.3. The van der Waals surface area contributed by atoms with Crippen molar-refractivity contribution in [2.45, 2.75) is 11.8 Å². The van der Waals surface area contributed by atoms with Gasteiger partial charge in [0.2, 0.25) is 0 Å². The van der Waals surface area contributed by atoms with Gasteiger partial charge >= 0.3 is 5.97 Å². The number of nitrogens with zero attached hydrogens (tertiary/aromatic N) is 4. The largest absolute Gasteiger partial charge is 0.478 e. The first-order chi connectivity index (χ1) is 8.79. The fraction of sp³-hybridized carbons (Fsp3) is 0.200. The summed E-state index contributed by atoms with van der Waals surface area (Å²) in [6.45, 7) is 1.52. The molecule has 2 rings (SSSR count). The summed E-state index contributed by atoms with van der Waals surface area (Å²) in [7, 11) is -3.35. The summed E-state index contributed by atoms with van der Waals surface area (Å²) in [4.78, 5) is 18.7. The highest BCUT2D eigenvalue weighted by Crippen LogP contribution is 2.11. The smallest absolute Gasteiger partial charge is 0.339 e. The highest BCUT2D eigenvalue weighted by atomic mass is 32.2. The van der Waals surface area contributed by atoms with E-state index in [0.29, 0.717) is 0 Å². The molecule has 9 heteroatoms. The van der Waals surface area contributed by atoms with Crippen LogP contribution in [0.5, 0.6) is 0 Å². The number of carboxylic acids is 1. The van der Waals surface area contributed by atoms with Crippen molar-refractivity contribution in [1.82, 2.24) is 19.7 Å². The van der Waals surface area contributed by atoms with E-state index in [1.165, 1.54) is 24.0 Å². The molecule has 2 aromatic heterocycles. The number of aromatic carboxylic acids is 1.